The van der Waals surface area contributed by atoms with E-state index in [0.717, 1.165) is 0 Å². The number of benzene rings is 1. The van der Waals surface area contributed by atoms with Gasteiger partial charge in [0.15, 0.2) is 0 Å². The van der Waals surface area contributed by atoms with Crippen LogP contribution in [0.3, 0.4) is 0 Å². The maximum Gasteiger partial charge on any atom is 0.123 e. The molecule has 0 aliphatic carbocycles. The van der Waals surface area contributed by atoms with Gasteiger partial charge in [-0.15, -0.1) is 0 Å². The average molecular weight is 227 g/mol. The van der Waals surface area contributed by atoms with E-state index < -0.39 is 0 Å². The normalized spacial score (nSPS) is 12.8. The van der Waals surface area contributed by atoms with Crippen molar-refractivity contribution >= 4 is 0 Å². The lowest BCUT2D eigenvalue weighted by molar-refractivity contribution is 0.177. The van der Waals surface area contributed by atoms with Crippen LogP contribution in [0.15, 0.2) is 24.3 Å². The first-order valence-corrected chi connectivity index (χ1v) is 5.37. The molecule has 0 aliphatic rings. The Labute approximate surface area is 95.2 Å². The van der Waals surface area contributed by atoms with Crippen LogP contribution in [0.4, 0.5) is 4.39 Å². The van der Waals surface area contributed by atoms with Gasteiger partial charge in [-0.2, -0.15) is 0 Å². The van der Waals surface area contributed by atoms with E-state index in [0.29, 0.717) is 12.4 Å². The van der Waals surface area contributed by atoms with E-state index in [1.807, 2.05) is 13.8 Å². The molecule has 0 spiro atoms. The van der Waals surface area contributed by atoms with E-state index in [1.165, 1.54) is 12.1 Å². The maximum atomic E-state index is 12.6. The minimum absolute atomic E-state index is 0.0133. The molecule has 1 aromatic carbocycles. The molecule has 2 N–H and O–H groups in total. The van der Waals surface area contributed by atoms with Gasteiger partial charge in [-0.25, -0.2) is 4.39 Å². The molecule has 0 fully saturated rings. The van der Waals surface area contributed by atoms with Gasteiger partial charge < -0.3 is 15.2 Å². The number of halogens is 1. The number of rotatable bonds is 6. The van der Waals surface area contributed by atoms with Crippen molar-refractivity contribution in [2.24, 2.45) is 0 Å². The summed E-state index contributed by atoms with van der Waals surface area (Å²) in [5, 5.41) is 12.3. The molecule has 0 bridgehead atoms. The average Bonchev–Trinajstić information content (AvgIpc) is 2.26. The minimum atomic E-state index is -0.286. The van der Waals surface area contributed by atoms with Gasteiger partial charge in [-0.05, 0) is 24.3 Å². The fourth-order valence-electron chi connectivity index (χ4n) is 1.35. The number of nitrogens with one attached hydrogen (secondary N) is 1. The van der Waals surface area contributed by atoms with Gasteiger partial charge in [0, 0.05) is 6.04 Å². The quantitative estimate of drug-likeness (QED) is 0.775. The Morgan fingerprint density at radius 3 is 2.44 bits per heavy atom. The first kappa shape index (κ1) is 12.9. The van der Waals surface area contributed by atoms with Crippen LogP contribution in [-0.2, 0) is 0 Å². The Kier molecular flexibility index (Phi) is 5.22. The number of ether oxygens (including phenoxy) is 1. The second-order valence-electron chi connectivity index (χ2n) is 3.97. The molecule has 1 aromatic rings. The van der Waals surface area contributed by atoms with Crippen molar-refractivity contribution in [3.63, 3.8) is 0 Å². The summed E-state index contributed by atoms with van der Waals surface area (Å²) in [6.07, 6.45) is 0. The monoisotopic (exact) mass is 227 g/mol. The third-order valence-corrected chi connectivity index (χ3v) is 2.05. The molecule has 1 rings (SSSR count). The van der Waals surface area contributed by atoms with E-state index in [2.05, 4.69) is 5.32 Å². The molecule has 1 atom stereocenters. The predicted octanol–water partition coefficient (Wildman–Crippen LogP) is 1.56. The van der Waals surface area contributed by atoms with Crippen LogP contribution in [-0.4, -0.2) is 30.4 Å². The van der Waals surface area contributed by atoms with Crippen molar-refractivity contribution in [2.45, 2.75) is 25.9 Å². The topological polar surface area (TPSA) is 41.5 Å². The molecule has 0 heterocycles. The molecule has 0 radical (unpaired) electrons. The zero-order valence-electron chi connectivity index (χ0n) is 9.61. The summed E-state index contributed by atoms with van der Waals surface area (Å²) >= 11 is 0. The largest absolute Gasteiger partial charge is 0.492 e. The molecular weight excluding hydrogens is 209 g/mol. The lowest BCUT2D eigenvalue weighted by Crippen LogP contribution is -2.41. The van der Waals surface area contributed by atoms with Gasteiger partial charge in [-0.1, -0.05) is 13.8 Å². The van der Waals surface area contributed by atoms with Crippen LogP contribution in [0.1, 0.15) is 13.8 Å². The Morgan fingerprint density at radius 1 is 1.31 bits per heavy atom. The van der Waals surface area contributed by atoms with Gasteiger partial charge >= 0.3 is 0 Å². The minimum Gasteiger partial charge on any atom is -0.492 e. The van der Waals surface area contributed by atoms with Crippen molar-refractivity contribution in [3.8, 4) is 5.75 Å². The molecule has 3 nitrogen and oxygen atoms in total. The highest BCUT2D eigenvalue weighted by molar-refractivity contribution is 5.22. The first-order valence-electron chi connectivity index (χ1n) is 5.37. The lowest BCUT2D eigenvalue weighted by Gasteiger charge is -2.19. The highest BCUT2D eigenvalue weighted by atomic mass is 19.1. The molecule has 4 heteroatoms. The van der Waals surface area contributed by atoms with Crippen molar-refractivity contribution in [1.29, 1.82) is 0 Å². The molecule has 16 heavy (non-hydrogen) atoms. The molecule has 0 amide bonds. The van der Waals surface area contributed by atoms with E-state index in [1.54, 1.807) is 12.1 Å². The fourth-order valence-corrected chi connectivity index (χ4v) is 1.35. The predicted molar refractivity (Wildman–Crippen MR) is 61.0 cm³/mol. The maximum absolute atomic E-state index is 12.6. The zero-order valence-corrected chi connectivity index (χ0v) is 9.61. The number of aliphatic hydroxyl groups is 1. The Morgan fingerprint density at radius 2 is 1.94 bits per heavy atom. The van der Waals surface area contributed by atoms with E-state index in [9.17, 15) is 4.39 Å². The van der Waals surface area contributed by atoms with E-state index in [4.69, 9.17) is 9.84 Å². The van der Waals surface area contributed by atoms with Crippen LogP contribution in [0.5, 0.6) is 5.75 Å². The smallest absolute Gasteiger partial charge is 0.123 e. The van der Waals surface area contributed by atoms with Gasteiger partial charge in [0.2, 0.25) is 0 Å². The third-order valence-electron chi connectivity index (χ3n) is 2.05. The number of hydrogen-bond acceptors (Lipinski definition) is 3. The molecule has 0 aromatic heterocycles. The lowest BCUT2D eigenvalue weighted by atomic mass is 10.3. The van der Waals surface area contributed by atoms with Crippen molar-refractivity contribution < 1.29 is 14.2 Å². The Bertz CT molecular complexity index is 300. The summed E-state index contributed by atoms with van der Waals surface area (Å²) in [7, 11) is 0. The highest BCUT2D eigenvalue weighted by Crippen LogP contribution is 2.11. The van der Waals surface area contributed by atoms with Crippen LogP contribution in [0.25, 0.3) is 0 Å². The number of hydrogen-bond donors (Lipinski definition) is 2. The summed E-state index contributed by atoms with van der Waals surface area (Å²) in [4.78, 5) is 0. The van der Waals surface area contributed by atoms with Crippen LogP contribution in [0, 0.1) is 5.82 Å². The third kappa shape index (κ3) is 4.59. The fraction of sp³-hybridized carbons (Fsp3) is 0.500. The van der Waals surface area contributed by atoms with Gasteiger partial charge in [0.25, 0.3) is 0 Å². The van der Waals surface area contributed by atoms with E-state index in [-0.39, 0.29) is 24.5 Å². The Balaban J connectivity index is 2.40. The van der Waals surface area contributed by atoms with Crippen LogP contribution in [0.2, 0.25) is 0 Å². The van der Waals surface area contributed by atoms with Gasteiger partial charge in [0.05, 0.1) is 12.6 Å². The molecule has 0 aliphatic heterocycles. The highest BCUT2D eigenvalue weighted by Gasteiger charge is 2.09. The standard InChI is InChI=1S/C12H18FNO2/c1-9(2)14-11(7-15)8-16-12-5-3-10(13)4-6-12/h3-6,9,11,14-15H,7-8H2,1-2H3. The molecule has 0 saturated heterocycles. The summed E-state index contributed by atoms with van der Waals surface area (Å²) in [5.41, 5.74) is 0. The van der Waals surface area contributed by atoms with Crippen LogP contribution >= 0.6 is 0 Å². The van der Waals surface area contributed by atoms with Gasteiger partial charge in [-0.3, -0.25) is 0 Å². The van der Waals surface area contributed by atoms with Crippen molar-refractivity contribution in [2.75, 3.05) is 13.2 Å². The molecule has 0 saturated carbocycles. The van der Waals surface area contributed by atoms with Crippen molar-refractivity contribution in [1.82, 2.24) is 5.32 Å². The van der Waals surface area contributed by atoms with E-state index >= 15 is 0 Å². The van der Waals surface area contributed by atoms with Gasteiger partial charge in [0.1, 0.15) is 18.2 Å². The molecular formula is C12H18FNO2. The second-order valence-corrected chi connectivity index (χ2v) is 3.97. The summed E-state index contributed by atoms with van der Waals surface area (Å²) in [5.74, 6) is 0.316. The zero-order chi connectivity index (χ0) is 12.0. The SMILES string of the molecule is CC(C)NC(CO)COc1ccc(F)cc1. The first-order chi connectivity index (χ1) is 7.61. The second kappa shape index (κ2) is 6.45. The molecule has 1 unspecified atom stereocenters. The Hall–Kier alpha value is -1.13. The number of aliphatic hydroxyl groups excluding tert-OH is 1. The summed E-state index contributed by atoms with van der Waals surface area (Å²) < 4.78 is 18.0. The van der Waals surface area contributed by atoms with Crippen molar-refractivity contribution in [3.05, 3.63) is 30.1 Å². The summed E-state index contributed by atoms with van der Waals surface area (Å²) in [6, 6.07) is 6.01. The van der Waals surface area contributed by atoms with Crippen LogP contribution < -0.4 is 10.1 Å². The summed E-state index contributed by atoms with van der Waals surface area (Å²) in [6.45, 7) is 4.38. The molecule has 90 valence electrons.